The Morgan fingerprint density at radius 1 is 1.11 bits per heavy atom. The van der Waals surface area contributed by atoms with Crippen LogP contribution in [0.1, 0.15) is 39.0 Å². The van der Waals surface area contributed by atoms with Crippen molar-refractivity contribution in [3.05, 3.63) is 0 Å². The van der Waals surface area contributed by atoms with E-state index in [4.69, 9.17) is 0 Å². The third-order valence-corrected chi connectivity index (χ3v) is 5.56. The summed E-state index contributed by atoms with van der Waals surface area (Å²) in [7, 11) is -3.17. The maximum absolute atomic E-state index is 12.5. The number of amides is 1. The van der Waals surface area contributed by atoms with E-state index >= 15 is 0 Å². The van der Waals surface area contributed by atoms with Crippen LogP contribution in [0.2, 0.25) is 0 Å². The Morgan fingerprint density at radius 3 is 2.47 bits per heavy atom. The van der Waals surface area contributed by atoms with E-state index in [1.54, 1.807) is 0 Å². The zero-order valence-corrected chi connectivity index (χ0v) is 12.7. The van der Waals surface area contributed by atoms with Crippen LogP contribution < -0.4 is 0 Å². The second kappa shape index (κ2) is 5.79. The highest BCUT2D eigenvalue weighted by Gasteiger charge is 2.34. The van der Waals surface area contributed by atoms with Crippen molar-refractivity contribution in [2.45, 2.75) is 45.1 Å². The molecule has 6 heteroatoms. The van der Waals surface area contributed by atoms with Gasteiger partial charge in [0.05, 0.1) is 12.2 Å². The minimum absolute atomic E-state index is 0.149. The van der Waals surface area contributed by atoms with Crippen LogP contribution in [-0.4, -0.2) is 55.5 Å². The molecule has 0 unspecified atom stereocenters. The minimum atomic E-state index is -3.17. The molecule has 0 aromatic carbocycles. The summed E-state index contributed by atoms with van der Waals surface area (Å²) in [5, 5.41) is 0. The van der Waals surface area contributed by atoms with Crippen molar-refractivity contribution in [1.82, 2.24) is 9.21 Å². The van der Waals surface area contributed by atoms with Crippen LogP contribution in [0.3, 0.4) is 0 Å². The van der Waals surface area contributed by atoms with Crippen LogP contribution in [0.15, 0.2) is 0 Å². The molecule has 2 aliphatic heterocycles. The van der Waals surface area contributed by atoms with Gasteiger partial charge in [-0.15, -0.1) is 0 Å². The SMILES string of the molecule is C[C@@H]1CCCCN1C(=O)[C@@H]1CCCN(S(C)(=O)=O)C1. The molecule has 2 saturated heterocycles. The van der Waals surface area contributed by atoms with Gasteiger partial charge in [-0.2, -0.15) is 0 Å². The van der Waals surface area contributed by atoms with E-state index in [2.05, 4.69) is 6.92 Å². The van der Waals surface area contributed by atoms with Crippen LogP contribution in [-0.2, 0) is 14.8 Å². The molecule has 0 aliphatic carbocycles. The van der Waals surface area contributed by atoms with Crippen LogP contribution in [0, 0.1) is 5.92 Å². The molecule has 2 atom stereocenters. The van der Waals surface area contributed by atoms with E-state index < -0.39 is 10.0 Å². The Kier molecular flexibility index (Phi) is 4.50. The van der Waals surface area contributed by atoms with Crippen molar-refractivity contribution >= 4 is 15.9 Å². The zero-order valence-electron chi connectivity index (χ0n) is 11.8. The number of sulfonamides is 1. The molecule has 2 heterocycles. The highest BCUT2D eigenvalue weighted by molar-refractivity contribution is 7.88. The normalized spacial score (nSPS) is 30.3. The first-order valence-electron chi connectivity index (χ1n) is 7.15. The second-order valence-electron chi connectivity index (χ2n) is 5.84. The van der Waals surface area contributed by atoms with E-state index in [1.807, 2.05) is 4.90 Å². The van der Waals surface area contributed by atoms with Gasteiger partial charge in [0.25, 0.3) is 0 Å². The summed E-state index contributed by atoms with van der Waals surface area (Å²) < 4.78 is 24.6. The van der Waals surface area contributed by atoms with Crippen molar-refractivity contribution < 1.29 is 13.2 Å². The van der Waals surface area contributed by atoms with Crippen LogP contribution in [0.5, 0.6) is 0 Å². The van der Waals surface area contributed by atoms with Crippen molar-refractivity contribution in [2.24, 2.45) is 5.92 Å². The van der Waals surface area contributed by atoms with Crippen molar-refractivity contribution in [3.63, 3.8) is 0 Å². The molecule has 1 amide bonds. The smallest absolute Gasteiger partial charge is 0.227 e. The van der Waals surface area contributed by atoms with E-state index in [0.717, 1.165) is 32.2 Å². The van der Waals surface area contributed by atoms with Crippen molar-refractivity contribution in [2.75, 3.05) is 25.9 Å². The molecular weight excluding hydrogens is 264 g/mol. The van der Waals surface area contributed by atoms with Gasteiger partial charge in [-0.25, -0.2) is 12.7 Å². The summed E-state index contributed by atoms with van der Waals surface area (Å²) >= 11 is 0. The lowest BCUT2D eigenvalue weighted by Gasteiger charge is -2.38. The molecule has 0 N–H and O–H groups in total. The molecule has 0 spiro atoms. The maximum Gasteiger partial charge on any atom is 0.227 e. The van der Waals surface area contributed by atoms with Crippen LogP contribution in [0.4, 0.5) is 0 Å². The Bertz CT molecular complexity index is 435. The molecule has 2 fully saturated rings. The molecule has 110 valence electrons. The predicted molar refractivity (Wildman–Crippen MR) is 74.2 cm³/mol. The maximum atomic E-state index is 12.5. The summed E-state index contributed by atoms with van der Waals surface area (Å²) in [5.74, 6) is 0.00424. The molecule has 2 aliphatic rings. The first-order chi connectivity index (χ1) is 8.89. The first kappa shape index (κ1) is 14.8. The summed E-state index contributed by atoms with van der Waals surface area (Å²) in [6.07, 6.45) is 6.14. The number of rotatable bonds is 2. The van der Waals surface area contributed by atoms with Crippen LogP contribution >= 0.6 is 0 Å². The standard InChI is InChI=1S/C13H24N2O3S/c1-11-6-3-4-9-15(11)13(16)12-7-5-8-14(10-12)19(2,17)18/h11-12H,3-10H2,1-2H3/t11-,12-/m1/s1. The number of carbonyl (C=O) groups excluding carboxylic acids is 1. The van der Waals surface area contributed by atoms with Crippen molar-refractivity contribution in [1.29, 1.82) is 0 Å². The number of carbonyl (C=O) groups is 1. The van der Waals surface area contributed by atoms with Gasteiger partial charge in [0.15, 0.2) is 0 Å². The third-order valence-electron chi connectivity index (χ3n) is 4.29. The number of nitrogens with zero attached hydrogens (tertiary/aromatic N) is 2. The lowest BCUT2D eigenvalue weighted by Crippen LogP contribution is -2.50. The van der Waals surface area contributed by atoms with E-state index in [-0.39, 0.29) is 11.8 Å². The van der Waals surface area contributed by atoms with Crippen LogP contribution in [0.25, 0.3) is 0 Å². The van der Waals surface area contributed by atoms with Gasteiger partial charge in [-0.05, 0) is 39.0 Å². The molecule has 0 radical (unpaired) electrons. The van der Waals surface area contributed by atoms with Gasteiger partial charge in [-0.3, -0.25) is 4.79 Å². The van der Waals surface area contributed by atoms with E-state index in [9.17, 15) is 13.2 Å². The summed E-state index contributed by atoms with van der Waals surface area (Å²) in [4.78, 5) is 14.5. The molecular formula is C13H24N2O3S. The van der Waals surface area contributed by atoms with Gasteiger partial charge in [0.2, 0.25) is 15.9 Å². The number of hydrogen-bond acceptors (Lipinski definition) is 3. The average Bonchev–Trinajstić information content (AvgIpc) is 2.38. The lowest BCUT2D eigenvalue weighted by molar-refractivity contribution is -0.140. The second-order valence-corrected chi connectivity index (χ2v) is 7.82. The number of piperidine rings is 2. The number of hydrogen-bond donors (Lipinski definition) is 0. The molecule has 5 nitrogen and oxygen atoms in total. The zero-order chi connectivity index (χ0) is 14.0. The first-order valence-corrected chi connectivity index (χ1v) is 9.00. The van der Waals surface area contributed by atoms with Gasteiger partial charge in [0.1, 0.15) is 0 Å². The van der Waals surface area contributed by atoms with Gasteiger partial charge in [0, 0.05) is 25.7 Å². The monoisotopic (exact) mass is 288 g/mol. The van der Waals surface area contributed by atoms with Gasteiger partial charge >= 0.3 is 0 Å². The highest BCUT2D eigenvalue weighted by atomic mass is 32.2. The fraction of sp³-hybridized carbons (Fsp3) is 0.923. The predicted octanol–water partition coefficient (Wildman–Crippen LogP) is 1.06. The quantitative estimate of drug-likeness (QED) is 0.763. The number of likely N-dealkylation sites (tertiary alicyclic amines) is 1. The molecule has 2 rings (SSSR count). The Hall–Kier alpha value is -0.620. The summed E-state index contributed by atoms with van der Waals surface area (Å²) in [6.45, 7) is 3.84. The fourth-order valence-corrected chi connectivity index (χ4v) is 4.02. The molecule has 0 bridgehead atoms. The Labute approximate surface area is 116 Å². The largest absolute Gasteiger partial charge is 0.340 e. The third kappa shape index (κ3) is 3.48. The van der Waals surface area contributed by atoms with E-state index in [1.165, 1.54) is 17.0 Å². The van der Waals surface area contributed by atoms with Gasteiger partial charge < -0.3 is 4.90 Å². The molecule has 0 saturated carbocycles. The topological polar surface area (TPSA) is 57.7 Å². The van der Waals surface area contributed by atoms with Crippen molar-refractivity contribution in [3.8, 4) is 0 Å². The highest BCUT2D eigenvalue weighted by Crippen LogP contribution is 2.24. The molecule has 19 heavy (non-hydrogen) atoms. The lowest BCUT2D eigenvalue weighted by atomic mass is 9.95. The summed E-state index contributed by atoms with van der Waals surface area (Å²) in [6, 6.07) is 0.301. The van der Waals surface area contributed by atoms with Gasteiger partial charge in [-0.1, -0.05) is 0 Å². The Morgan fingerprint density at radius 2 is 1.84 bits per heavy atom. The molecule has 0 aromatic heterocycles. The van der Waals surface area contributed by atoms with E-state index in [0.29, 0.717) is 19.1 Å². The summed E-state index contributed by atoms with van der Waals surface area (Å²) in [5.41, 5.74) is 0. The molecule has 0 aromatic rings. The Balaban J connectivity index is 2.02. The fourth-order valence-electron chi connectivity index (χ4n) is 3.11. The minimum Gasteiger partial charge on any atom is -0.340 e. The average molecular weight is 288 g/mol.